The van der Waals surface area contributed by atoms with E-state index < -0.39 is 5.91 Å². The molecule has 1 saturated heterocycles. The molecule has 0 aliphatic carbocycles. The first kappa shape index (κ1) is 19.1. The predicted octanol–water partition coefficient (Wildman–Crippen LogP) is 2.67. The van der Waals surface area contributed by atoms with Gasteiger partial charge in [-0.25, -0.2) is 0 Å². The summed E-state index contributed by atoms with van der Waals surface area (Å²) >= 11 is 0. The van der Waals surface area contributed by atoms with E-state index >= 15 is 0 Å². The summed E-state index contributed by atoms with van der Waals surface area (Å²) in [4.78, 5) is 25.9. The molecule has 0 unspecified atom stereocenters. The fourth-order valence-electron chi connectivity index (χ4n) is 3.52. The van der Waals surface area contributed by atoms with Crippen molar-refractivity contribution in [2.45, 2.75) is 31.7 Å². The van der Waals surface area contributed by atoms with E-state index in [0.29, 0.717) is 24.6 Å². The van der Waals surface area contributed by atoms with E-state index in [1.54, 1.807) is 4.90 Å². The Balaban J connectivity index is 1.72. The van der Waals surface area contributed by atoms with E-state index in [1.165, 1.54) is 18.4 Å². The third kappa shape index (κ3) is 5.41. The van der Waals surface area contributed by atoms with Gasteiger partial charge in [-0.05, 0) is 48.6 Å². The minimum atomic E-state index is -0.402. The van der Waals surface area contributed by atoms with E-state index in [1.807, 2.05) is 42.5 Å². The van der Waals surface area contributed by atoms with Crippen molar-refractivity contribution < 1.29 is 9.59 Å². The van der Waals surface area contributed by atoms with Crippen LogP contribution >= 0.6 is 0 Å². The van der Waals surface area contributed by atoms with Crippen LogP contribution < -0.4 is 11.1 Å². The smallest absolute Gasteiger partial charge is 0.254 e. The standard InChI is InChI=1S/C22H27N3O2/c23-21(26)12-14-25(16-17-5-2-1-3-6-17)22(27)19-10-8-18(9-11-19)20-7-4-13-24-15-20/h1-3,5-6,8-11,20,24H,4,7,12-16H2,(H2,23,26)/t20-/m0/s1. The lowest BCUT2D eigenvalue weighted by Crippen LogP contribution is -2.33. The van der Waals surface area contributed by atoms with Crippen molar-refractivity contribution in [2.24, 2.45) is 5.73 Å². The first-order valence-corrected chi connectivity index (χ1v) is 9.55. The van der Waals surface area contributed by atoms with Gasteiger partial charge < -0.3 is 16.0 Å². The Bertz CT molecular complexity index is 753. The van der Waals surface area contributed by atoms with Crippen LogP contribution in [0, 0.1) is 0 Å². The highest BCUT2D eigenvalue weighted by Crippen LogP contribution is 2.23. The largest absolute Gasteiger partial charge is 0.370 e. The van der Waals surface area contributed by atoms with Gasteiger partial charge in [-0.1, -0.05) is 42.5 Å². The summed E-state index contributed by atoms with van der Waals surface area (Å²) in [6.07, 6.45) is 2.52. The Kier molecular flexibility index (Phi) is 6.60. The maximum absolute atomic E-state index is 13.0. The second kappa shape index (κ2) is 9.33. The number of nitrogens with two attached hydrogens (primary N) is 1. The van der Waals surface area contributed by atoms with Crippen molar-refractivity contribution >= 4 is 11.8 Å². The maximum atomic E-state index is 13.0. The molecular formula is C22H27N3O2. The zero-order valence-electron chi connectivity index (χ0n) is 15.6. The monoisotopic (exact) mass is 365 g/mol. The molecular weight excluding hydrogens is 338 g/mol. The van der Waals surface area contributed by atoms with Gasteiger partial charge in [0.25, 0.3) is 5.91 Å². The number of hydrogen-bond acceptors (Lipinski definition) is 3. The molecule has 3 N–H and O–H groups in total. The number of hydrogen-bond donors (Lipinski definition) is 2. The van der Waals surface area contributed by atoms with Gasteiger partial charge in [0.05, 0.1) is 0 Å². The molecule has 1 atom stereocenters. The highest BCUT2D eigenvalue weighted by molar-refractivity contribution is 5.94. The van der Waals surface area contributed by atoms with Crippen molar-refractivity contribution in [1.82, 2.24) is 10.2 Å². The van der Waals surface area contributed by atoms with Crippen LogP contribution in [0.2, 0.25) is 0 Å². The fourth-order valence-corrected chi connectivity index (χ4v) is 3.52. The molecule has 2 aromatic rings. The van der Waals surface area contributed by atoms with Gasteiger partial charge in [0.2, 0.25) is 5.91 Å². The van der Waals surface area contributed by atoms with Crippen LogP contribution in [0.4, 0.5) is 0 Å². The number of amides is 2. The Labute approximate surface area is 160 Å². The number of rotatable bonds is 7. The third-order valence-corrected chi connectivity index (χ3v) is 5.06. The summed E-state index contributed by atoms with van der Waals surface area (Å²) < 4.78 is 0. The van der Waals surface area contributed by atoms with E-state index in [2.05, 4.69) is 17.4 Å². The second-order valence-electron chi connectivity index (χ2n) is 7.09. The van der Waals surface area contributed by atoms with E-state index in [-0.39, 0.29) is 12.3 Å². The number of carbonyl (C=O) groups is 2. The number of benzene rings is 2. The van der Waals surface area contributed by atoms with Crippen LogP contribution in [-0.2, 0) is 11.3 Å². The second-order valence-corrected chi connectivity index (χ2v) is 7.09. The predicted molar refractivity (Wildman–Crippen MR) is 106 cm³/mol. The average Bonchev–Trinajstić information content (AvgIpc) is 2.72. The van der Waals surface area contributed by atoms with Crippen molar-refractivity contribution in [2.75, 3.05) is 19.6 Å². The van der Waals surface area contributed by atoms with Crippen LogP contribution in [-0.4, -0.2) is 36.3 Å². The average molecular weight is 365 g/mol. The summed E-state index contributed by atoms with van der Waals surface area (Å²) in [7, 11) is 0. The molecule has 0 bridgehead atoms. The number of nitrogens with one attached hydrogen (secondary N) is 1. The molecule has 1 fully saturated rings. The van der Waals surface area contributed by atoms with E-state index in [0.717, 1.165) is 18.7 Å². The topological polar surface area (TPSA) is 75.4 Å². The van der Waals surface area contributed by atoms with Crippen LogP contribution in [0.25, 0.3) is 0 Å². The van der Waals surface area contributed by atoms with Crippen LogP contribution in [0.1, 0.15) is 46.7 Å². The fraction of sp³-hybridized carbons (Fsp3) is 0.364. The van der Waals surface area contributed by atoms with Gasteiger partial charge in [0.1, 0.15) is 0 Å². The molecule has 1 aliphatic heterocycles. The molecule has 1 aliphatic rings. The van der Waals surface area contributed by atoms with Crippen molar-refractivity contribution in [1.29, 1.82) is 0 Å². The third-order valence-electron chi connectivity index (χ3n) is 5.06. The summed E-state index contributed by atoms with van der Waals surface area (Å²) in [6.45, 7) is 2.85. The molecule has 0 aromatic heterocycles. The molecule has 142 valence electrons. The Morgan fingerprint density at radius 1 is 1.07 bits per heavy atom. The van der Waals surface area contributed by atoms with E-state index in [4.69, 9.17) is 5.73 Å². The number of carbonyl (C=O) groups excluding carboxylic acids is 2. The molecule has 2 amide bonds. The van der Waals surface area contributed by atoms with Crippen molar-refractivity contribution in [3.05, 3.63) is 71.3 Å². The van der Waals surface area contributed by atoms with Crippen LogP contribution in [0.3, 0.4) is 0 Å². The minimum Gasteiger partial charge on any atom is -0.370 e. The zero-order valence-corrected chi connectivity index (χ0v) is 15.6. The molecule has 2 aromatic carbocycles. The summed E-state index contributed by atoms with van der Waals surface area (Å²) in [5, 5.41) is 3.42. The number of primary amides is 1. The molecule has 1 heterocycles. The summed E-state index contributed by atoms with van der Waals surface area (Å²) in [6, 6.07) is 17.7. The SMILES string of the molecule is NC(=O)CCN(Cc1ccccc1)C(=O)c1ccc([C@H]2CCCNC2)cc1. The van der Waals surface area contributed by atoms with Crippen LogP contribution in [0.15, 0.2) is 54.6 Å². The Morgan fingerprint density at radius 3 is 2.44 bits per heavy atom. The highest BCUT2D eigenvalue weighted by Gasteiger charge is 2.19. The van der Waals surface area contributed by atoms with Crippen molar-refractivity contribution in [3.63, 3.8) is 0 Å². The normalized spacial score (nSPS) is 16.7. The van der Waals surface area contributed by atoms with Crippen LogP contribution in [0.5, 0.6) is 0 Å². The van der Waals surface area contributed by atoms with Crippen molar-refractivity contribution in [3.8, 4) is 0 Å². The lowest BCUT2D eigenvalue weighted by Gasteiger charge is -2.24. The lowest BCUT2D eigenvalue weighted by atomic mass is 9.91. The quantitative estimate of drug-likeness (QED) is 0.792. The molecule has 0 saturated carbocycles. The molecule has 0 radical (unpaired) electrons. The summed E-state index contributed by atoms with van der Waals surface area (Å²) in [5.74, 6) is 0.0348. The van der Waals surface area contributed by atoms with Gasteiger partial charge in [-0.3, -0.25) is 9.59 Å². The first-order valence-electron chi connectivity index (χ1n) is 9.55. The number of piperidine rings is 1. The highest BCUT2D eigenvalue weighted by atomic mass is 16.2. The number of nitrogens with zero attached hydrogens (tertiary/aromatic N) is 1. The van der Waals surface area contributed by atoms with Gasteiger partial charge in [-0.15, -0.1) is 0 Å². The Hall–Kier alpha value is -2.66. The van der Waals surface area contributed by atoms with E-state index in [9.17, 15) is 9.59 Å². The van der Waals surface area contributed by atoms with Gasteiger partial charge in [0, 0.05) is 31.6 Å². The zero-order chi connectivity index (χ0) is 19.1. The Morgan fingerprint density at radius 2 is 1.81 bits per heavy atom. The molecule has 5 nitrogen and oxygen atoms in total. The molecule has 0 spiro atoms. The molecule has 27 heavy (non-hydrogen) atoms. The molecule has 3 rings (SSSR count). The van der Waals surface area contributed by atoms with Gasteiger partial charge in [-0.2, -0.15) is 0 Å². The summed E-state index contributed by atoms with van der Waals surface area (Å²) in [5.41, 5.74) is 8.23. The van der Waals surface area contributed by atoms with Gasteiger partial charge >= 0.3 is 0 Å². The molecule has 5 heteroatoms. The first-order chi connectivity index (χ1) is 13.1. The minimum absolute atomic E-state index is 0.0755. The van der Waals surface area contributed by atoms with Gasteiger partial charge in [0.15, 0.2) is 0 Å². The maximum Gasteiger partial charge on any atom is 0.254 e. The lowest BCUT2D eigenvalue weighted by molar-refractivity contribution is -0.118.